The van der Waals surface area contributed by atoms with Gasteiger partial charge < -0.3 is 24.4 Å². The van der Waals surface area contributed by atoms with Crippen molar-refractivity contribution in [1.29, 1.82) is 0 Å². The van der Waals surface area contributed by atoms with Crippen LogP contribution in [0, 0.1) is 0 Å². The van der Waals surface area contributed by atoms with Crippen molar-refractivity contribution < 1.29 is 13.9 Å². The lowest BCUT2D eigenvalue weighted by Gasteiger charge is -2.32. The number of ether oxygens (including phenoxy) is 1. The Bertz CT molecular complexity index is 808. The van der Waals surface area contributed by atoms with Gasteiger partial charge in [-0.15, -0.1) is 0 Å². The summed E-state index contributed by atoms with van der Waals surface area (Å²) in [6, 6.07) is 13.9. The van der Waals surface area contributed by atoms with Crippen LogP contribution in [0.15, 0.2) is 53.1 Å². The Morgan fingerprint density at radius 2 is 2.20 bits per heavy atom. The molecule has 25 heavy (non-hydrogen) atoms. The first kappa shape index (κ1) is 15.8. The number of hydrogen-bond acceptors (Lipinski definition) is 3. The summed E-state index contributed by atoms with van der Waals surface area (Å²) < 4.78 is 11.1. The van der Waals surface area contributed by atoms with E-state index in [1.165, 1.54) is 5.39 Å². The van der Waals surface area contributed by atoms with Gasteiger partial charge in [-0.2, -0.15) is 0 Å². The van der Waals surface area contributed by atoms with Crippen molar-refractivity contribution in [1.82, 2.24) is 15.2 Å². The monoisotopic (exact) mass is 339 g/mol. The number of H-pyrrole nitrogens is 1. The quantitative estimate of drug-likeness (QED) is 0.767. The number of furan rings is 1. The molecule has 2 aromatic heterocycles. The molecule has 3 heterocycles. The van der Waals surface area contributed by atoms with Gasteiger partial charge in [-0.05, 0) is 29.7 Å². The highest BCUT2D eigenvalue weighted by Crippen LogP contribution is 2.22. The van der Waals surface area contributed by atoms with Crippen LogP contribution in [-0.4, -0.2) is 42.2 Å². The zero-order valence-corrected chi connectivity index (χ0v) is 13.9. The fraction of sp³-hybridized carbons (Fsp3) is 0.316. The SMILES string of the molecule is O=C(NCCc1cc2ccccc2[nH]1)N1CCO[C@H](c2ccco2)C1. The molecule has 1 aliphatic rings. The molecule has 4 rings (SSSR count). The molecule has 6 heteroatoms. The molecule has 0 aliphatic carbocycles. The minimum Gasteiger partial charge on any atom is -0.467 e. The summed E-state index contributed by atoms with van der Waals surface area (Å²) in [7, 11) is 0. The number of carbonyl (C=O) groups excluding carboxylic acids is 1. The summed E-state index contributed by atoms with van der Waals surface area (Å²) in [5, 5.41) is 4.18. The topological polar surface area (TPSA) is 70.5 Å². The van der Waals surface area contributed by atoms with Crippen molar-refractivity contribution in [2.75, 3.05) is 26.2 Å². The van der Waals surface area contributed by atoms with E-state index in [-0.39, 0.29) is 12.1 Å². The molecule has 1 aliphatic heterocycles. The normalized spacial score (nSPS) is 17.8. The van der Waals surface area contributed by atoms with E-state index in [9.17, 15) is 4.79 Å². The van der Waals surface area contributed by atoms with Gasteiger partial charge in [-0.3, -0.25) is 0 Å². The number of para-hydroxylation sites is 1. The lowest BCUT2D eigenvalue weighted by atomic mass is 10.2. The van der Waals surface area contributed by atoms with Gasteiger partial charge in [0.2, 0.25) is 0 Å². The van der Waals surface area contributed by atoms with Crippen molar-refractivity contribution in [2.45, 2.75) is 12.5 Å². The Morgan fingerprint density at radius 1 is 1.28 bits per heavy atom. The van der Waals surface area contributed by atoms with Gasteiger partial charge in [0.15, 0.2) is 0 Å². The van der Waals surface area contributed by atoms with Gasteiger partial charge in [0, 0.05) is 30.7 Å². The van der Waals surface area contributed by atoms with E-state index in [1.807, 2.05) is 24.3 Å². The van der Waals surface area contributed by atoms with E-state index < -0.39 is 0 Å². The first-order valence-electron chi connectivity index (χ1n) is 8.54. The number of nitrogens with one attached hydrogen (secondary N) is 2. The van der Waals surface area contributed by atoms with Crippen LogP contribution in [0.3, 0.4) is 0 Å². The Labute approximate surface area is 145 Å². The second-order valence-electron chi connectivity index (χ2n) is 6.18. The number of urea groups is 1. The number of fused-ring (bicyclic) bond motifs is 1. The molecule has 1 atom stereocenters. The van der Waals surface area contributed by atoms with Gasteiger partial charge in [0.05, 0.1) is 19.4 Å². The number of hydrogen-bond donors (Lipinski definition) is 2. The van der Waals surface area contributed by atoms with Crippen LogP contribution in [-0.2, 0) is 11.2 Å². The molecule has 3 aromatic rings. The lowest BCUT2D eigenvalue weighted by molar-refractivity contribution is -0.0260. The van der Waals surface area contributed by atoms with E-state index in [1.54, 1.807) is 11.2 Å². The molecule has 2 amide bonds. The van der Waals surface area contributed by atoms with Gasteiger partial charge in [-0.25, -0.2) is 4.79 Å². The highest BCUT2D eigenvalue weighted by molar-refractivity contribution is 5.80. The number of morpholine rings is 1. The van der Waals surface area contributed by atoms with Crippen LogP contribution < -0.4 is 5.32 Å². The molecule has 6 nitrogen and oxygen atoms in total. The molecule has 0 saturated carbocycles. The molecular weight excluding hydrogens is 318 g/mol. The van der Waals surface area contributed by atoms with Crippen molar-refractivity contribution in [3.05, 3.63) is 60.2 Å². The predicted molar refractivity (Wildman–Crippen MR) is 94.4 cm³/mol. The number of aromatic amines is 1. The summed E-state index contributed by atoms with van der Waals surface area (Å²) in [5.41, 5.74) is 2.25. The number of carbonyl (C=O) groups is 1. The minimum atomic E-state index is -0.191. The predicted octanol–water partition coefficient (Wildman–Crippen LogP) is 3.09. The lowest BCUT2D eigenvalue weighted by Crippen LogP contribution is -2.47. The fourth-order valence-corrected chi connectivity index (χ4v) is 3.16. The van der Waals surface area contributed by atoms with Crippen molar-refractivity contribution in [3.8, 4) is 0 Å². The van der Waals surface area contributed by atoms with E-state index in [4.69, 9.17) is 9.15 Å². The summed E-state index contributed by atoms with van der Waals surface area (Å²) in [5.74, 6) is 0.760. The zero-order chi connectivity index (χ0) is 17.1. The van der Waals surface area contributed by atoms with Gasteiger partial charge in [0.1, 0.15) is 11.9 Å². The summed E-state index contributed by atoms with van der Waals surface area (Å²) >= 11 is 0. The molecule has 0 unspecified atom stereocenters. The first-order valence-corrected chi connectivity index (χ1v) is 8.54. The standard InChI is InChI=1S/C19H21N3O3/c23-19(22-9-11-25-18(13-22)17-6-3-10-24-17)20-8-7-15-12-14-4-1-2-5-16(14)21-15/h1-6,10,12,18,21H,7-9,11,13H2,(H,20,23)/t18-/m0/s1. The van der Waals surface area contributed by atoms with Crippen molar-refractivity contribution in [3.63, 3.8) is 0 Å². The molecular formula is C19H21N3O3. The minimum absolute atomic E-state index is 0.0593. The number of nitrogens with zero attached hydrogens (tertiary/aromatic N) is 1. The Morgan fingerprint density at radius 3 is 3.04 bits per heavy atom. The van der Waals surface area contributed by atoms with Crippen LogP contribution in [0.25, 0.3) is 10.9 Å². The molecule has 0 bridgehead atoms. The average molecular weight is 339 g/mol. The smallest absolute Gasteiger partial charge is 0.317 e. The Kier molecular flexibility index (Phi) is 4.43. The highest BCUT2D eigenvalue weighted by atomic mass is 16.5. The highest BCUT2D eigenvalue weighted by Gasteiger charge is 2.26. The van der Waals surface area contributed by atoms with E-state index >= 15 is 0 Å². The van der Waals surface area contributed by atoms with E-state index in [0.29, 0.717) is 26.2 Å². The number of aromatic nitrogens is 1. The summed E-state index contributed by atoms with van der Waals surface area (Å²) in [6.07, 6.45) is 2.20. The largest absolute Gasteiger partial charge is 0.467 e. The average Bonchev–Trinajstić information content (AvgIpc) is 3.31. The maximum absolute atomic E-state index is 12.4. The maximum Gasteiger partial charge on any atom is 0.317 e. The van der Waals surface area contributed by atoms with Crippen LogP contribution in [0.1, 0.15) is 17.6 Å². The molecule has 130 valence electrons. The fourth-order valence-electron chi connectivity index (χ4n) is 3.16. The number of rotatable bonds is 4. The third-order valence-electron chi connectivity index (χ3n) is 4.47. The van der Waals surface area contributed by atoms with Crippen LogP contribution >= 0.6 is 0 Å². The molecule has 1 aromatic carbocycles. The molecule has 0 spiro atoms. The van der Waals surface area contributed by atoms with Crippen LogP contribution in [0.4, 0.5) is 4.79 Å². The van der Waals surface area contributed by atoms with E-state index in [0.717, 1.165) is 23.4 Å². The van der Waals surface area contributed by atoms with Gasteiger partial charge >= 0.3 is 6.03 Å². The second kappa shape index (κ2) is 7.03. The maximum atomic E-state index is 12.4. The van der Waals surface area contributed by atoms with Gasteiger partial charge in [0.25, 0.3) is 0 Å². The Hall–Kier alpha value is -2.73. The van der Waals surface area contributed by atoms with E-state index in [2.05, 4.69) is 28.5 Å². The molecule has 1 fully saturated rings. The van der Waals surface area contributed by atoms with Gasteiger partial charge in [-0.1, -0.05) is 18.2 Å². The third-order valence-corrected chi connectivity index (χ3v) is 4.47. The van der Waals surface area contributed by atoms with Crippen LogP contribution in [0.2, 0.25) is 0 Å². The number of amides is 2. The molecule has 2 N–H and O–H groups in total. The summed E-state index contributed by atoms with van der Waals surface area (Å²) in [6.45, 7) is 2.20. The van der Waals surface area contributed by atoms with Crippen molar-refractivity contribution in [2.24, 2.45) is 0 Å². The van der Waals surface area contributed by atoms with Crippen LogP contribution in [0.5, 0.6) is 0 Å². The molecule has 0 radical (unpaired) electrons. The third kappa shape index (κ3) is 3.53. The molecule has 1 saturated heterocycles. The zero-order valence-electron chi connectivity index (χ0n) is 13.9. The number of benzene rings is 1. The summed E-state index contributed by atoms with van der Waals surface area (Å²) in [4.78, 5) is 17.6. The second-order valence-corrected chi connectivity index (χ2v) is 6.18. The Balaban J connectivity index is 1.29. The first-order chi connectivity index (χ1) is 12.3. The van der Waals surface area contributed by atoms with Crippen molar-refractivity contribution >= 4 is 16.9 Å².